The molecule has 4 aromatic rings. The monoisotopic (exact) mass is 520 g/mol. The number of benzene rings is 2. The summed E-state index contributed by atoms with van der Waals surface area (Å²) >= 11 is 0. The number of ether oxygens (including phenoxy) is 1. The second-order valence-electron chi connectivity index (χ2n) is 9.23. The first-order valence-electron chi connectivity index (χ1n) is 12.1. The number of aromatic amines is 1. The van der Waals surface area contributed by atoms with E-state index in [0.717, 1.165) is 6.07 Å². The summed E-state index contributed by atoms with van der Waals surface area (Å²) in [5.74, 6) is -1.58. The van der Waals surface area contributed by atoms with Crippen LogP contribution in [0.4, 0.5) is 19.3 Å². The van der Waals surface area contributed by atoms with Crippen molar-refractivity contribution in [2.24, 2.45) is 0 Å². The zero-order chi connectivity index (χ0) is 26.8. The lowest BCUT2D eigenvalue weighted by Gasteiger charge is -2.27. The van der Waals surface area contributed by atoms with Gasteiger partial charge in [0.05, 0.1) is 30.2 Å². The van der Waals surface area contributed by atoms with Crippen molar-refractivity contribution in [2.75, 3.05) is 45.7 Å². The Morgan fingerprint density at radius 3 is 2.50 bits per heavy atom. The van der Waals surface area contributed by atoms with Crippen LogP contribution in [-0.4, -0.2) is 77.3 Å². The summed E-state index contributed by atoms with van der Waals surface area (Å²) in [5, 5.41) is 10.7. The summed E-state index contributed by atoms with van der Waals surface area (Å²) < 4.78 is 32.7. The van der Waals surface area contributed by atoms with E-state index in [1.807, 2.05) is 6.07 Å². The van der Waals surface area contributed by atoms with Crippen LogP contribution < -0.4 is 5.32 Å². The number of hydrogen-bond acceptors (Lipinski definition) is 5. The highest BCUT2D eigenvalue weighted by Gasteiger charge is 2.21. The number of rotatable bonds is 5. The van der Waals surface area contributed by atoms with Gasteiger partial charge in [-0.3, -0.25) is 9.89 Å². The van der Waals surface area contributed by atoms with E-state index in [0.29, 0.717) is 71.0 Å². The Kier molecular flexibility index (Phi) is 7.01. The highest BCUT2D eigenvalue weighted by atomic mass is 19.1. The third kappa shape index (κ3) is 5.32. The van der Waals surface area contributed by atoms with Crippen molar-refractivity contribution in [1.29, 1.82) is 0 Å². The molecule has 0 saturated carbocycles. The minimum Gasteiger partial charge on any atom is -0.378 e. The number of carbonyl (C=O) groups is 2. The molecule has 0 bridgehead atoms. The van der Waals surface area contributed by atoms with Crippen LogP contribution in [0.2, 0.25) is 0 Å². The molecule has 0 aliphatic carbocycles. The maximum atomic E-state index is 13.7. The van der Waals surface area contributed by atoms with E-state index in [1.165, 1.54) is 17.0 Å². The van der Waals surface area contributed by atoms with Gasteiger partial charge in [-0.15, -0.1) is 0 Å². The molecule has 5 rings (SSSR count). The SMILES string of the molecule is CN(C)C(=O)c1cc(-c2cnc3[nH]nc(Cc4cc(F)cc(F)c4)c3c2)ccc1NC(=O)N1CCOCC1. The molecule has 2 N–H and O–H groups in total. The van der Waals surface area contributed by atoms with Gasteiger partial charge in [0, 0.05) is 56.8 Å². The third-order valence-corrected chi connectivity index (χ3v) is 6.32. The van der Waals surface area contributed by atoms with E-state index >= 15 is 0 Å². The van der Waals surface area contributed by atoms with E-state index in [-0.39, 0.29) is 18.4 Å². The van der Waals surface area contributed by atoms with Crippen molar-refractivity contribution in [3.8, 4) is 11.1 Å². The summed E-state index contributed by atoms with van der Waals surface area (Å²) in [6, 6.07) is 10.1. The van der Waals surface area contributed by atoms with Gasteiger partial charge < -0.3 is 19.9 Å². The van der Waals surface area contributed by atoms with Gasteiger partial charge in [0.1, 0.15) is 11.6 Å². The van der Waals surface area contributed by atoms with E-state index in [9.17, 15) is 18.4 Å². The minimum absolute atomic E-state index is 0.205. The summed E-state index contributed by atoms with van der Waals surface area (Å²) in [6.45, 7) is 1.88. The van der Waals surface area contributed by atoms with Crippen molar-refractivity contribution in [1.82, 2.24) is 25.0 Å². The largest absolute Gasteiger partial charge is 0.378 e. The lowest BCUT2D eigenvalue weighted by Crippen LogP contribution is -2.43. The Balaban J connectivity index is 1.48. The van der Waals surface area contributed by atoms with Gasteiger partial charge in [0.2, 0.25) is 0 Å². The quantitative estimate of drug-likeness (QED) is 0.413. The number of carbonyl (C=O) groups excluding carboxylic acids is 2. The van der Waals surface area contributed by atoms with Gasteiger partial charge in [-0.1, -0.05) is 6.07 Å². The second-order valence-corrected chi connectivity index (χ2v) is 9.23. The number of H-pyrrole nitrogens is 1. The summed E-state index contributed by atoms with van der Waals surface area (Å²) in [7, 11) is 3.28. The molecule has 0 unspecified atom stereocenters. The molecule has 0 atom stereocenters. The molecule has 9 nitrogen and oxygen atoms in total. The Morgan fingerprint density at radius 2 is 1.79 bits per heavy atom. The van der Waals surface area contributed by atoms with Gasteiger partial charge in [-0.2, -0.15) is 5.10 Å². The van der Waals surface area contributed by atoms with E-state index in [2.05, 4.69) is 20.5 Å². The molecule has 1 saturated heterocycles. The number of nitrogens with zero attached hydrogens (tertiary/aromatic N) is 4. The van der Waals surface area contributed by atoms with Crippen LogP contribution in [0.15, 0.2) is 48.7 Å². The molecule has 3 amide bonds. The molecule has 0 spiro atoms. The van der Waals surface area contributed by atoms with E-state index in [4.69, 9.17) is 4.74 Å². The normalized spacial score (nSPS) is 13.5. The third-order valence-electron chi connectivity index (χ3n) is 6.32. The number of amides is 3. The zero-order valence-corrected chi connectivity index (χ0v) is 20.9. The Bertz CT molecular complexity index is 1490. The highest BCUT2D eigenvalue weighted by Crippen LogP contribution is 2.29. The van der Waals surface area contributed by atoms with Gasteiger partial charge in [-0.05, 0) is 41.5 Å². The molecule has 0 radical (unpaired) electrons. The zero-order valence-electron chi connectivity index (χ0n) is 20.9. The van der Waals surface area contributed by atoms with Gasteiger partial charge in [-0.25, -0.2) is 18.6 Å². The first kappa shape index (κ1) is 25.3. The molecule has 196 valence electrons. The molecule has 38 heavy (non-hydrogen) atoms. The fourth-order valence-electron chi connectivity index (χ4n) is 4.36. The van der Waals surface area contributed by atoms with Crippen molar-refractivity contribution >= 4 is 28.7 Å². The molecule has 11 heteroatoms. The van der Waals surface area contributed by atoms with Crippen molar-refractivity contribution in [3.63, 3.8) is 0 Å². The molecule has 3 heterocycles. The standard InChI is InChI=1S/C27H26F2N6O3/c1-34(2)26(36)22-12-17(3-4-23(22)31-27(37)35-5-7-38-8-6-35)18-13-21-24(32-33-25(21)30-15-18)11-16-9-19(28)14-20(29)10-16/h3-4,9-10,12-15H,5-8,11H2,1-2H3,(H,31,37)(H,30,32,33). The number of anilines is 1. The Morgan fingerprint density at radius 1 is 1.05 bits per heavy atom. The van der Waals surface area contributed by atoms with Gasteiger partial charge >= 0.3 is 6.03 Å². The van der Waals surface area contributed by atoms with Crippen molar-refractivity contribution < 1.29 is 23.1 Å². The molecule has 1 aliphatic rings. The molecular weight excluding hydrogens is 494 g/mol. The highest BCUT2D eigenvalue weighted by molar-refractivity contribution is 6.04. The van der Waals surface area contributed by atoms with Crippen LogP contribution in [0.5, 0.6) is 0 Å². The van der Waals surface area contributed by atoms with Crippen molar-refractivity contribution in [3.05, 3.63) is 77.1 Å². The van der Waals surface area contributed by atoms with Gasteiger partial charge in [0.15, 0.2) is 5.65 Å². The summed E-state index contributed by atoms with van der Waals surface area (Å²) in [5.41, 5.74) is 3.70. The van der Waals surface area contributed by atoms with Crippen LogP contribution in [0.3, 0.4) is 0 Å². The molecule has 1 fully saturated rings. The first-order chi connectivity index (χ1) is 18.3. The lowest BCUT2D eigenvalue weighted by molar-refractivity contribution is 0.0564. The van der Waals surface area contributed by atoms with Crippen molar-refractivity contribution in [2.45, 2.75) is 6.42 Å². The van der Waals surface area contributed by atoms with Crippen LogP contribution in [-0.2, 0) is 11.2 Å². The van der Waals surface area contributed by atoms with Crippen LogP contribution in [0, 0.1) is 11.6 Å². The molecule has 2 aromatic heterocycles. The summed E-state index contributed by atoms with van der Waals surface area (Å²) in [6.07, 6.45) is 1.86. The molecule has 1 aliphatic heterocycles. The fourth-order valence-corrected chi connectivity index (χ4v) is 4.36. The number of fused-ring (bicyclic) bond motifs is 1. The predicted octanol–water partition coefficient (Wildman–Crippen LogP) is 4.06. The van der Waals surface area contributed by atoms with E-state index < -0.39 is 11.6 Å². The lowest BCUT2D eigenvalue weighted by atomic mass is 10.0. The number of aromatic nitrogens is 3. The molecular formula is C27H26F2N6O3. The summed E-state index contributed by atoms with van der Waals surface area (Å²) in [4.78, 5) is 33.4. The predicted molar refractivity (Wildman–Crippen MR) is 138 cm³/mol. The fraction of sp³-hybridized carbons (Fsp3) is 0.259. The first-order valence-corrected chi connectivity index (χ1v) is 12.1. The molecule has 2 aromatic carbocycles. The minimum atomic E-state index is -0.655. The average Bonchev–Trinajstić information content (AvgIpc) is 3.30. The maximum absolute atomic E-state index is 13.7. The topological polar surface area (TPSA) is 103 Å². The van der Waals surface area contributed by atoms with Crippen LogP contribution >= 0.6 is 0 Å². The van der Waals surface area contributed by atoms with E-state index in [1.54, 1.807) is 43.4 Å². The number of hydrogen-bond donors (Lipinski definition) is 2. The second kappa shape index (κ2) is 10.5. The van der Waals surface area contributed by atoms with Crippen LogP contribution in [0.25, 0.3) is 22.2 Å². The number of pyridine rings is 1. The Labute approximate surface area is 217 Å². The average molecular weight is 521 g/mol. The smallest absolute Gasteiger partial charge is 0.322 e. The number of urea groups is 1. The number of nitrogens with one attached hydrogen (secondary N) is 2. The maximum Gasteiger partial charge on any atom is 0.322 e. The van der Waals surface area contributed by atoms with Gasteiger partial charge in [0.25, 0.3) is 5.91 Å². The Hall–Kier alpha value is -4.38. The number of morpholine rings is 1. The van der Waals surface area contributed by atoms with Crippen LogP contribution in [0.1, 0.15) is 21.6 Å². The number of halogens is 2.